The summed E-state index contributed by atoms with van der Waals surface area (Å²) in [7, 11) is 0. The van der Waals surface area contributed by atoms with Crippen molar-refractivity contribution >= 4 is 0 Å². The molecule has 0 atom stereocenters. The molecule has 0 aromatic carbocycles. The van der Waals surface area contributed by atoms with E-state index in [0.717, 1.165) is 36.5 Å². The third kappa shape index (κ3) is 7.06. The number of aliphatic hydroxyl groups is 1. The minimum Gasteiger partial charge on any atom is -0.393 e. The highest BCUT2D eigenvalue weighted by molar-refractivity contribution is 4.81. The van der Waals surface area contributed by atoms with E-state index in [2.05, 4.69) is 13.8 Å². The Morgan fingerprint density at radius 3 is 1.62 bits per heavy atom. The zero-order valence-corrected chi connectivity index (χ0v) is 16.6. The van der Waals surface area contributed by atoms with Crippen LogP contribution in [0.5, 0.6) is 0 Å². The Hall–Kier alpha value is -0.0400. The summed E-state index contributed by atoms with van der Waals surface area (Å²) in [6.07, 6.45) is 22.4. The maximum absolute atomic E-state index is 9.54. The maximum atomic E-state index is 9.54. The first-order valence-corrected chi connectivity index (χ1v) is 11.4. The zero-order chi connectivity index (χ0) is 17.2. The average Bonchev–Trinajstić information content (AvgIpc) is 2.65. The predicted octanol–water partition coefficient (Wildman–Crippen LogP) is 7.12. The second kappa shape index (κ2) is 11.6. The predicted molar refractivity (Wildman–Crippen MR) is 105 cm³/mol. The van der Waals surface area contributed by atoms with Crippen LogP contribution in [0.3, 0.4) is 0 Å². The molecule has 142 valence electrons. The van der Waals surface area contributed by atoms with Crippen molar-refractivity contribution in [2.24, 2.45) is 23.7 Å². The van der Waals surface area contributed by atoms with Crippen molar-refractivity contribution in [3.05, 3.63) is 0 Å². The Bertz CT molecular complexity index is 291. The van der Waals surface area contributed by atoms with Crippen LogP contribution in [0.25, 0.3) is 0 Å². The molecule has 3 fully saturated rings. The minimum absolute atomic E-state index is 0.0210. The average molecular weight is 337 g/mol. The van der Waals surface area contributed by atoms with Gasteiger partial charge < -0.3 is 5.11 Å². The smallest absolute Gasteiger partial charge is 0.0540 e. The molecule has 0 radical (unpaired) electrons. The summed E-state index contributed by atoms with van der Waals surface area (Å²) in [5.41, 5.74) is 0. The van der Waals surface area contributed by atoms with Crippen LogP contribution in [-0.2, 0) is 0 Å². The van der Waals surface area contributed by atoms with Crippen molar-refractivity contribution in [1.29, 1.82) is 0 Å². The standard InChI is InChI=1S/C15H28O.C8H16/c1-2-3-12-4-6-13(7-5-12)14-8-10-15(16)11-9-14;1-2-8-6-4-3-5-7-8/h12-16H,2-11H2,1H3;8H,2-7H2,1H3. The van der Waals surface area contributed by atoms with Gasteiger partial charge in [-0.2, -0.15) is 0 Å². The van der Waals surface area contributed by atoms with Crippen LogP contribution in [0.2, 0.25) is 0 Å². The van der Waals surface area contributed by atoms with Gasteiger partial charge in [-0.25, -0.2) is 0 Å². The van der Waals surface area contributed by atoms with Gasteiger partial charge >= 0.3 is 0 Å². The fourth-order valence-corrected chi connectivity index (χ4v) is 5.52. The van der Waals surface area contributed by atoms with E-state index in [1.807, 2.05) is 0 Å². The molecular formula is C23H44O. The van der Waals surface area contributed by atoms with Crippen molar-refractivity contribution in [3.8, 4) is 0 Å². The van der Waals surface area contributed by atoms with Crippen molar-refractivity contribution in [3.63, 3.8) is 0 Å². The van der Waals surface area contributed by atoms with Gasteiger partial charge in [0.25, 0.3) is 0 Å². The quantitative estimate of drug-likeness (QED) is 0.579. The van der Waals surface area contributed by atoms with Crippen molar-refractivity contribution in [1.82, 2.24) is 0 Å². The van der Waals surface area contributed by atoms with Crippen LogP contribution < -0.4 is 0 Å². The van der Waals surface area contributed by atoms with Gasteiger partial charge in [0.2, 0.25) is 0 Å². The summed E-state index contributed by atoms with van der Waals surface area (Å²) in [4.78, 5) is 0. The number of aliphatic hydroxyl groups excluding tert-OH is 1. The van der Waals surface area contributed by atoms with Gasteiger partial charge in [0, 0.05) is 0 Å². The van der Waals surface area contributed by atoms with E-state index < -0.39 is 0 Å². The molecule has 0 aliphatic heterocycles. The fourth-order valence-electron chi connectivity index (χ4n) is 5.52. The van der Waals surface area contributed by atoms with Gasteiger partial charge in [0.1, 0.15) is 0 Å². The molecule has 0 aromatic rings. The molecule has 1 nitrogen and oxygen atoms in total. The van der Waals surface area contributed by atoms with E-state index in [1.54, 1.807) is 0 Å². The molecule has 3 saturated carbocycles. The maximum Gasteiger partial charge on any atom is 0.0540 e. The Morgan fingerprint density at radius 1 is 0.625 bits per heavy atom. The highest BCUT2D eigenvalue weighted by Crippen LogP contribution is 2.40. The van der Waals surface area contributed by atoms with Crippen LogP contribution in [0.15, 0.2) is 0 Å². The highest BCUT2D eigenvalue weighted by atomic mass is 16.3. The molecule has 1 N–H and O–H groups in total. The van der Waals surface area contributed by atoms with Gasteiger partial charge in [0.15, 0.2) is 0 Å². The third-order valence-corrected chi connectivity index (χ3v) is 7.30. The lowest BCUT2D eigenvalue weighted by atomic mass is 9.70. The van der Waals surface area contributed by atoms with Gasteiger partial charge in [-0.05, 0) is 62.2 Å². The molecule has 0 heterocycles. The van der Waals surface area contributed by atoms with E-state index >= 15 is 0 Å². The summed E-state index contributed by atoms with van der Waals surface area (Å²) in [6, 6.07) is 0. The largest absolute Gasteiger partial charge is 0.393 e. The topological polar surface area (TPSA) is 20.2 Å². The molecule has 24 heavy (non-hydrogen) atoms. The Kier molecular flexibility index (Phi) is 9.76. The lowest BCUT2D eigenvalue weighted by molar-refractivity contribution is 0.0764. The highest BCUT2D eigenvalue weighted by Gasteiger charge is 2.29. The molecule has 0 bridgehead atoms. The summed E-state index contributed by atoms with van der Waals surface area (Å²) in [5, 5.41) is 9.54. The summed E-state index contributed by atoms with van der Waals surface area (Å²) < 4.78 is 0. The molecular weight excluding hydrogens is 292 g/mol. The molecule has 0 saturated heterocycles. The van der Waals surface area contributed by atoms with Crippen LogP contribution >= 0.6 is 0 Å². The van der Waals surface area contributed by atoms with E-state index in [0.29, 0.717) is 0 Å². The molecule has 0 amide bonds. The SMILES string of the molecule is CCC1CCCCC1.CCCC1CCC(C2CCC(O)CC2)CC1. The normalized spacial score (nSPS) is 35.1. The first-order chi connectivity index (χ1) is 11.7. The van der Waals surface area contributed by atoms with Crippen molar-refractivity contribution in [2.45, 2.75) is 123 Å². The van der Waals surface area contributed by atoms with Crippen LogP contribution in [0, 0.1) is 23.7 Å². The second-order valence-electron chi connectivity index (χ2n) is 9.05. The van der Waals surface area contributed by atoms with E-state index in [4.69, 9.17) is 0 Å². The van der Waals surface area contributed by atoms with E-state index in [-0.39, 0.29) is 6.10 Å². The summed E-state index contributed by atoms with van der Waals surface area (Å²) in [6.45, 7) is 4.63. The monoisotopic (exact) mass is 336 g/mol. The molecule has 3 aliphatic carbocycles. The van der Waals surface area contributed by atoms with Gasteiger partial charge in [0.05, 0.1) is 6.10 Å². The van der Waals surface area contributed by atoms with E-state index in [1.165, 1.54) is 89.9 Å². The number of hydrogen-bond acceptors (Lipinski definition) is 1. The molecule has 3 aliphatic rings. The first-order valence-electron chi connectivity index (χ1n) is 11.4. The van der Waals surface area contributed by atoms with Crippen LogP contribution in [0.4, 0.5) is 0 Å². The van der Waals surface area contributed by atoms with Crippen LogP contribution in [0.1, 0.15) is 117 Å². The Morgan fingerprint density at radius 2 is 1.17 bits per heavy atom. The van der Waals surface area contributed by atoms with Crippen molar-refractivity contribution in [2.75, 3.05) is 0 Å². The number of rotatable bonds is 4. The lowest BCUT2D eigenvalue weighted by Crippen LogP contribution is -2.27. The Labute approximate surface area is 152 Å². The number of hydrogen-bond donors (Lipinski definition) is 1. The van der Waals surface area contributed by atoms with Gasteiger partial charge in [-0.3, -0.25) is 0 Å². The zero-order valence-electron chi connectivity index (χ0n) is 16.6. The summed E-state index contributed by atoms with van der Waals surface area (Å²) in [5.74, 6) is 4.07. The Balaban J connectivity index is 0.000000219. The fraction of sp³-hybridized carbons (Fsp3) is 1.00. The minimum atomic E-state index is 0.0210. The third-order valence-electron chi connectivity index (χ3n) is 7.30. The van der Waals surface area contributed by atoms with Gasteiger partial charge in [-0.1, -0.05) is 78.1 Å². The van der Waals surface area contributed by atoms with Gasteiger partial charge in [-0.15, -0.1) is 0 Å². The molecule has 0 unspecified atom stereocenters. The van der Waals surface area contributed by atoms with Crippen LogP contribution in [-0.4, -0.2) is 11.2 Å². The molecule has 0 aromatic heterocycles. The lowest BCUT2D eigenvalue weighted by Gasteiger charge is -2.36. The summed E-state index contributed by atoms with van der Waals surface area (Å²) >= 11 is 0. The first kappa shape index (κ1) is 20.3. The molecule has 1 heteroatoms. The molecule has 3 rings (SSSR count). The van der Waals surface area contributed by atoms with E-state index in [9.17, 15) is 5.11 Å². The van der Waals surface area contributed by atoms with Crippen molar-refractivity contribution < 1.29 is 5.11 Å². The second-order valence-corrected chi connectivity index (χ2v) is 9.05. The molecule has 0 spiro atoms.